The molecule has 0 spiro atoms. The lowest BCUT2D eigenvalue weighted by Crippen LogP contribution is -2.28. The van der Waals surface area contributed by atoms with Gasteiger partial charge in [0.05, 0.1) is 25.7 Å². The highest BCUT2D eigenvalue weighted by Crippen LogP contribution is 2.46. The molecule has 0 saturated heterocycles. The van der Waals surface area contributed by atoms with Crippen LogP contribution in [-0.4, -0.2) is 39.3 Å². The van der Waals surface area contributed by atoms with Gasteiger partial charge in [-0.1, -0.05) is 60.7 Å². The Balaban J connectivity index is 1.41. The van der Waals surface area contributed by atoms with Gasteiger partial charge >= 0.3 is 0 Å². The molecule has 0 amide bonds. The second-order valence-corrected chi connectivity index (χ2v) is 18.4. The average molecular weight is 679 g/mol. The molecule has 6 aromatic rings. The Labute approximate surface area is 280 Å². The van der Waals surface area contributed by atoms with Gasteiger partial charge in [0.25, 0.3) is 0 Å². The van der Waals surface area contributed by atoms with Crippen molar-refractivity contribution in [3.63, 3.8) is 0 Å². The predicted molar refractivity (Wildman–Crippen MR) is 191 cm³/mol. The van der Waals surface area contributed by atoms with E-state index in [9.17, 15) is 16.8 Å². The minimum absolute atomic E-state index is 0.185. The lowest BCUT2D eigenvalue weighted by Gasteiger charge is -2.24. The molecule has 2 heterocycles. The summed E-state index contributed by atoms with van der Waals surface area (Å²) < 4.78 is 49.1. The first kappa shape index (κ1) is 31.4. The van der Waals surface area contributed by atoms with Crippen LogP contribution in [0.25, 0.3) is 43.7 Å². The Morgan fingerprint density at radius 2 is 1.53 bits per heavy atom. The number of sulfone groups is 2. The van der Waals surface area contributed by atoms with E-state index in [0.29, 0.717) is 5.56 Å². The minimum atomic E-state index is -3.41. The van der Waals surface area contributed by atoms with Crippen molar-refractivity contribution in [2.45, 2.75) is 42.2 Å². The smallest absolute Gasteiger partial charge is 0.175 e. The van der Waals surface area contributed by atoms with Crippen LogP contribution in [0.4, 0.5) is 0 Å². The van der Waals surface area contributed by atoms with Crippen LogP contribution in [-0.2, 0) is 30.8 Å². The molecule has 238 valence electrons. The van der Waals surface area contributed by atoms with Crippen molar-refractivity contribution in [1.82, 2.24) is 9.97 Å². The Morgan fingerprint density at radius 3 is 2.28 bits per heavy atom. The SMILES string of the molecule is CC(C)(c1cc(-c2cccc(-c3sc(C4CCc5ccccc54)nc3-c3ccc(S(C)(=O)=O)cc3)c2)c2ncccc2c1)S(C)(=O)=O. The number of benzene rings is 4. The van der Waals surface area contributed by atoms with Gasteiger partial charge in [-0.3, -0.25) is 4.98 Å². The zero-order valence-electron chi connectivity index (χ0n) is 26.6. The highest BCUT2D eigenvalue weighted by atomic mass is 32.2. The number of pyridine rings is 1. The maximum absolute atomic E-state index is 12.9. The summed E-state index contributed by atoms with van der Waals surface area (Å²) >= 11 is 1.67. The molecular formula is C38H34N2O4S3. The van der Waals surface area contributed by atoms with E-state index >= 15 is 0 Å². The van der Waals surface area contributed by atoms with Gasteiger partial charge in [0.2, 0.25) is 0 Å². The summed E-state index contributed by atoms with van der Waals surface area (Å²) in [6, 6.07) is 31.4. The van der Waals surface area contributed by atoms with Gasteiger partial charge in [0.1, 0.15) is 5.01 Å². The van der Waals surface area contributed by atoms with Crippen LogP contribution in [0.5, 0.6) is 0 Å². The Hall–Kier alpha value is -4.18. The lowest BCUT2D eigenvalue weighted by atomic mass is 9.92. The van der Waals surface area contributed by atoms with E-state index in [1.807, 2.05) is 48.5 Å². The molecule has 0 saturated carbocycles. The standard InChI is InChI=1S/C38H34N2O4S3/c1-38(2,47(4,43)44)29-22-27-12-8-20-39-34(27)33(23-29)26-10-7-11-28(21-26)36-35(25-14-17-30(18-15-25)46(3,41)42)40-37(45-36)32-19-16-24-9-5-6-13-31(24)32/h5-15,17-18,20-23,32H,16,19H2,1-4H3. The zero-order valence-corrected chi connectivity index (χ0v) is 29.0. The molecule has 6 nitrogen and oxygen atoms in total. The highest BCUT2D eigenvalue weighted by molar-refractivity contribution is 7.91. The van der Waals surface area contributed by atoms with Crippen LogP contribution in [0.1, 0.15) is 47.9 Å². The molecule has 0 aliphatic heterocycles. The lowest BCUT2D eigenvalue weighted by molar-refractivity contribution is 0.561. The molecule has 4 aromatic carbocycles. The van der Waals surface area contributed by atoms with Crippen molar-refractivity contribution >= 4 is 41.9 Å². The number of thiazole rings is 1. The van der Waals surface area contributed by atoms with Gasteiger partial charge in [-0.25, -0.2) is 21.8 Å². The maximum Gasteiger partial charge on any atom is 0.175 e. The van der Waals surface area contributed by atoms with Crippen molar-refractivity contribution < 1.29 is 16.8 Å². The second kappa shape index (κ2) is 11.5. The Bertz CT molecular complexity index is 2390. The van der Waals surface area contributed by atoms with E-state index in [4.69, 9.17) is 9.97 Å². The summed E-state index contributed by atoms with van der Waals surface area (Å²) in [7, 11) is -6.76. The predicted octanol–water partition coefficient (Wildman–Crippen LogP) is 8.45. The first-order valence-corrected chi connectivity index (χ1v) is 20.0. The van der Waals surface area contributed by atoms with E-state index in [1.54, 1.807) is 43.5 Å². The van der Waals surface area contributed by atoms with Crippen LogP contribution in [0.3, 0.4) is 0 Å². The monoisotopic (exact) mass is 678 g/mol. The minimum Gasteiger partial charge on any atom is -0.256 e. The number of nitrogens with zero attached hydrogens (tertiary/aromatic N) is 2. The molecule has 0 radical (unpaired) electrons. The zero-order chi connectivity index (χ0) is 33.1. The van der Waals surface area contributed by atoms with E-state index in [-0.39, 0.29) is 10.8 Å². The summed E-state index contributed by atoms with van der Waals surface area (Å²) in [6.07, 6.45) is 6.23. The summed E-state index contributed by atoms with van der Waals surface area (Å²) in [5.41, 5.74) is 8.54. The molecule has 47 heavy (non-hydrogen) atoms. The first-order valence-electron chi connectivity index (χ1n) is 15.4. The Morgan fingerprint density at radius 1 is 0.787 bits per heavy atom. The van der Waals surface area contributed by atoms with Gasteiger partial charge < -0.3 is 0 Å². The van der Waals surface area contributed by atoms with E-state index in [1.165, 1.54) is 23.6 Å². The van der Waals surface area contributed by atoms with Crippen LogP contribution >= 0.6 is 11.3 Å². The normalized spacial score (nSPS) is 15.2. The molecule has 7 rings (SSSR count). The number of aryl methyl sites for hydroxylation is 1. The van der Waals surface area contributed by atoms with Gasteiger partial charge in [0, 0.05) is 41.1 Å². The number of fused-ring (bicyclic) bond motifs is 2. The van der Waals surface area contributed by atoms with Crippen molar-refractivity contribution in [3.05, 3.63) is 125 Å². The topological polar surface area (TPSA) is 94.1 Å². The van der Waals surface area contributed by atoms with Crippen molar-refractivity contribution in [3.8, 4) is 32.8 Å². The number of hydrogen-bond acceptors (Lipinski definition) is 7. The second-order valence-electron chi connectivity index (χ2n) is 12.8. The van der Waals surface area contributed by atoms with Gasteiger partial charge in [0.15, 0.2) is 19.7 Å². The third-order valence-electron chi connectivity index (χ3n) is 9.39. The first-order chi connectivity index (χ1) is 22.3. The van der Waals surface area contributed by atoms with Gasteiger partial charge in [-0.15, -0.1) is 11.3 Å². The van der Waals surface area contributed by atoms with Crippen LogP contribution in [0.15, 0.2) is 108 Å². The summed E-state index contributed by atoms with van der Waals surface area (Å²) in [5.74, 6) is 0.185. The number of aromatic nitrogens is 2. The molecular weight excluding hydrogens is 645 g/mol. The van der Waals surface area contributed by atoms with Crippen molar-refractivity contribution in [2.75, 3.05) is 12.5 Å². The maximum atomic E-state index is 12.9. The average Bonchev–Trinajstić information content (AvgIpc) is 3.68. The van der Waals surface area contributed by atoms with Crippen LogP contribution in [0, 0.1) is 0 Å². The van der Waals surface area contributed by atoms with Crippen molar-refractivity contribution in [2.24, 2.45) is 0 Å². The third kappa shape index (κ3) is 5.70. The Kier molecular flexibility index (Phi) is 7.69. The number of rotatable bonds is 7. The summed E-state index contributed by atoms with van der Waals surface area (Å²) in [6.45, 7) is 3.48. The van der Waals surface area contributed by atoms with E-state index in [2.05, 4.69) is 36.4 Å². The molecule has 1 unspecified atom stereocenters. The fraction of sp³-hybridized carbons (Fsp3) is 0.211. The molecule has 1 atom stereocenters. The molecule has 0 bridgehead atoms. The molecule has 1 aliphatic carbocycles. The highest BCUT2D eigenvalue weighted by Gasteiger charge is 2.33. The molecule has 0 fully saturated rings. The van der Waals surface area contributed by atoms with E-state index < -0.39 is 24.4 Å². The number of hydrogen-bond donors (Lipinski definition) is 0. The summed E-state index contributed by atoms with van der Waals surface area (Å²) in [5, 5.41) is 1.90. The van der Waals surface area contributed by atoms with E-state index in [0.717, 1.165) is 61.6 Å². The fourth-order valence-electron chi connectivity index (χ4n) is 6.35. The van der Waals surface area contributed by atoms with Gasteiger partial charge in [-0.05, 0) is 90.9 Å². The fourth-order valence-corrected chi connectivity index (χ4v) is 8.77. The third-order valence-corrected chi connectivity index (χ3v) is 13.8. The van der Waals surface area contributed by atoms with Crippen LogP contribution < -0.4 is 0 Å². The quantitative estimate of drug-likeness (QED) is 0.168. The molecule has 1 aliphatic rings. The molecule has 2 aromatic heterocycles. The summed E-state index contributed by atoms with van der Waals surface area (Å²) in [4.78, 5) is 11.2. The van der Waals surface area contributed by atoms with Gasteiger partial charge in [-0.2, -0.15) is 0 Å². The molecule has 9 heteroatoms. The van der Waals surface area contributed by atoms with Crippen molar-refractivity contribution in [1.29, 1.82) is 0 Å². The largest absolute Gasteiger partial charge is 0.256 e. The van der Waals surface area contributed by atoms with Crippen LogP contribution in [0.2, 0.25) is 0 Å². The molecule has 0 N–H and O–H groups in total.